The molecule has 1 N–H and O–H groups in total. The zero-order chi connectivity index (χ0) is 20.2. The second-order valence-electron chi connectivity index (χ2n) is 6.12. The van der Waals surface area contributed by atoms with Crippen LogP contribution in [0, 0.1) is 0 Å². The first-order valence-electron chi connectivity index (χ1n) is 7.83. The maximum atomic E-state index is 11.9. The second kappa shape index (κ2) is 8.86. The number of benzene rings is 2. The maximum Gasteiger partial charge on any atom is 0.265 e. The molecule has 0 unspecified atom stereocenters. The molecule has 1 amide bonds. The molecule has 0 saturated heterocycles. The van der Waals surface area contributed by atoms with Crippen LogP contribution < -0.4 is 4.72 Å². The third-order valence-electron chi connectivity index (χ3n) is 4.03. The standard InChI is InChI=1S/C11H12BrNO3S.C7H4BrClO/c1-11(6-7-11)17(15,16)13-10(14)8-4-2-3-5-9(8)12;8-6-4-2-1-3-5(6)7(9)10/h2-5H,6-7H2,1H3,(H,13,14);1-4H. The Balaban J connectivity index is 0.000000223. The predicted octanol–water partition coefficient (Wildman–Crippen LogP) is 4.89. The number of hydrogen-bond donors (Lipinski definition) is 1. The van der Waals surface area contributed by atoms with Crippen molar-refractivity contribution >= 4 is 64.6 Å². The SMILES string of the molecule is CC1(S(=O)(=O)NC(=O)c2ccccc2Br)CC1.O=C(Cl)c1ccccc1Br. The van der Waals surface area contributed by atoms with Crippen molar-refractivity contribution < 1.29 is 18.0 Å². The molecule has 3 rings (SSSR count). The molecule has 0 aromatic heterocycles. The summed E-state index contributed by atoms with van der Waals surface area (Å²) in [5.41, 5.74) is 0.824. The molecule has 1 aliphatic carbocycles. The van der Waals surface area contributed by atoms with Crippen LogP contribution in [-0.2, 0) is 10.0 Å². The van der Waals surface area contributed by atoms with Gasteiger partial charge in [-0.05, 0) is 71.6 Å². The quantitative estimate of drug-likeness (QED) is 0.564. The fourth-order valence-corrected chi connectivity index (χ4v) is 4.46. The van der Waals surface area contributed by atoms with E-state index in [1.807, 2.05) is 6.07 Å². The molecule has 0 radical (unpaired) electrons. The number of carbonyl (C=O) groups excluding carboxylic acids is 2. The highest BCUT2D eigenvalue weighted by atomic mass is 79.9. The Morgan fingerprint density at radius 1 is 0.963 bits per heavy atom. The average molecular weight is 538 g/mol. The lowest BCUT2D eigenvalue weighted by molar-refractivity contribution is 0.0979. The van der Waals surface area contributed by atoms with Gasteiger partial charge in [-0.25, -0.2) is 13.1 Å². The van der Waals surface area contributed by atoms with Crippen molar-refractivity contribution in [1.29, 1.82) is 0 Å². The summed E-state index contributed by atoms with van der Waals surface area (Å²) >= 11 is 11.6. The van der Waals surface area contributed by atoms with Gasteiger partial charge in [-0.2, -0.15) is 0 Å². The Bertz CT molecular complexity index is 975. The maximum absolute atomic E-state index is 11.9. The van der Waals surface area contributed by atoms with E-state index in [2.05, 4.69) is 36.6 Å². The van der Waals surface area contributed by atoms with Crippen LogP contribution in [0.2, 0.25) is 0 Å². The molecular weight excluding hydrogens is 522 g/mol. The fourth-order valence-electron chi connectivity index (χ4n) is 2.01. The molecule has 144 valence electrons. The van der Waals surface area contributed by atoms with E-state index < -0.39 is 25.9 Å². The van der Waals surface area contributed by atoms with Crippen LogP contribution in [0.5, 0.6) is 0 Å². The lowest BCUT2D eigenvalue weighted by Crippen LogP contribution is -2.38. The number of sulfonamides is 1. The summed E-state index contributed by atoms with van der Waals surface area (Å²) in [5, 5.41) is -0.438. The average Bonchev–Trinajstić information content (AvgIpc) is 3.35. The van der Waals surface area contributed by atoms with Crippen LogP contribution in [0.25, 0.3) is 0 Å². The first-order chi connectivity index (χ1) is 12.6. The lowest BCUT2D eigenvalue weighted by Gasteiger charge is -2.12. The van der Waals surface area contributed by atoms with Crippen molar-refractivity contribution in [2.24, 2.45) is 0 Å². The number of amides is 1. The molecule has 0 aliphatic heterocycles. The highest BCUT2D eigenvalue weighted by Crippen LogP contribution is 2.42. The molecule has 2 aromatic carbocycles. The minimum Gasteiger partial charge on any atom is -0.276 e. The van der Waals surface area contributed by atoms with Crippen LogP contribution >= 0.6 is 43.5 Å². The van der Waals surface area contributed by atoms with E-state index in [4.69, 9.17) is 11.6 Å². The number of nitrogens with one attached hydrogen (secondary N) is 1. The van der Waals surface area contributed by atoms with E-state index in [1.165, 1.54) is 0 Å². The van der Waals surface area contributed by atoms with E-state index in [0.29, 0.717) is 28.4 Å². The molecule has 0 bridgehead atoms. The van der Waals surface area contributed by atoms with E-state index in [9.17, 15) is 18.0 Å². The van der Waals surface area contributed by atoms with Crippen molar-refractivity contribution in [3.8, 4) is 0 Å². The van der Waals surface area contributed by atoms with Crippen molar-refractivity contribution in [2.75, 3.05) is 0 Å². The largest absolute Gasteiger partial charge is 0.276 e. The third kappa shape index (κ3) is 5.63. The minimum absolute atomic E-state index is 0.320. The number of hydrogen-bond acceptors (Lipinski definition) is 4. The molecular formula is C18H16Br2ClNO4S. The summed E-state index contributed by atoms with van der Waals surface area (Å²) in [5.74, 6) is -0.592. The highest BCUT2D eigenvalue weighted by Gasteiger charge is 2.50. The summed E-state index contributed by atoms with van der Waals surface area (Å²) in [7, 11) is -3.57. The van der Waals surface area contributed by atoms with Gasteiger partial charge in [0.25, 0.3) is 11.1 Å². The molecule has 1 saturated carbocycles. The van der Waals surface area contributed by atoms with Crippen LogP contribution in [0.4, 0.5) is 0 Å². The summed E-state index contributed by atoms with van der Waals surface area (Å²) in [6.07, 6.45) is 1.21. The van der Waals surface area contributed by atoms with Gasteiger partial charge in [-0.15, -0.1) is 0 Å². The van der Waals surface area contributed by atoms with Crippen molar-refractivity contribution in [3.05, 3.63) is 68.6 Å². The molecule has 1 fully saturated rings. The zero-order valence-corrected chi connectivity index (χ0v) is 19.0. The minimum atomic E-state index is -3.57. The van der Waals surface area contributed by atoms with Crippen molar-refractivity contribution in [1.82, 2.24) is 4.72 Å². The molecule has 9 heteroatoms. The van der Waals surface area contributed by atoms with Gasteiger partial charge in [0.05, 0.1) is 10.3 Å². The van der Waals surface area contributed by atoms with Gasteiger partial charge < -0.3 is 0 Å². The Kier molecular flexibility index (Phi) is 7.24. The molecule has 0 atom stereocenters. The summed E-state index contributed by atoms with van der Waals surface area (Å²) in [4.78, 5) is 22.4. The lowest BCUT2D eigenvalue weighted by atomic mass is 10.2. The van der Waals surface area contributed by atoms with Gasteiger partial charge in [0.15, 0.2) is 0 Å². The number of rotatable bonds is 4. The zero-order valence-electron chi connectivity index (χ0n) is 14.2. The third-order valence-corrected chi connectivity index (χ3v) is 7.78. The summed E-state index contributed by atoms with van der Waals surface area (Å²) in [6.45, 7) is 1.64. The van der Waals surface area contributed by atoms with Gasteiger partial charge >= 0.3 is 0 Å². The molecule has 5 nitrogen and oxygen atoms in total. The molecule has 0 heterocycles. The number of halogens is 3. The van der Waals surface area contributed by atoms with Gasteiger partial charge in [0.1, 0.15) is 0 Å². The van der Waals surface area contributed by atoms with E-state index in [1.54, 1.807) is 49.4 Å². The Morgan fingerprint density at radius 2 is 1.41 bits per heavy atom. The van der Waals surface area contributed by atoms with Crippen LogP contribution in [0.3, 0.4) is 0 Å². The Labute approximate surface area is 179 Å². The van der Waals surface area contributed by atoms with Gasteiger partial charge in [-0.3, -0.25) is 9.59 Å². The smallest absolute Gasteiger partial charge is 0.265 e. The van der Waals surface area contributed by atoms with E-state index in [0.717, 1.165) is 4.47 Å². The van der Waals surface area contributed by atoms with Crippen LogP contribution in [0.15, 0.2) is 57.5 Å². The summed E-state index contributed by atoms with van der Waals surface area (Å²) < 4.78 is 26.4. The van der Waals surface area contributed by atoms with Crippen LogP contribution in [0.1, 0.15) is 40.5 Å². The first-order valence-corrected chi connectivity index (χ1v) is 11.3. The topological polar surface area (TPSA) is 80.3 Å². The first kappa shape index (κ1) is 22.1. The van der Waals surface area contributed by atoms with E-state index >= 15 is 0 Å². The molecule has 1 aliphatic rings. The monoisotopic (exact) mass is 535 g/mol. The van der Waals surface area contributed by atoms with E-state index in [-0.39, 0.29) is 0 Å². The second-order valence-corrected chi connectivity index (χ2v) is 10.4. The summed E-state index contributed by atoms with van der Waals surface area (Å²) in [6, 6.07) is 13.7. The van der Waals surface area contributed by atoms with Gasteiger partial charge in [0, 0.05) is 14.5 Å². The highest BCUT2D eigenvalue weighted by molar-refractivity contribution is 9.10. The predicted molar refractivity (Wildman–Crippen MR) is 112 cm³/mol. The Morgan fingerprint density at radius 3 is 1.78 bits per heavy atom. The normalized spacial score (nSPS) is 14.5. The van der Waals surface area contributed by atoms with Gasteiger partial charge in [-0.1, -0.05) is 40.2 Å². The van der Waals surface area contributed by atoms with Crippen molar-refractivity contribution in [3.63, 3.8) is 0 Å². The molecule has 0 spiro atoms. The Hall–Kier alpha value is -1.22. The fraction of sp³-hybridized carbons (Fsp3) is 0.222. The van der Waals surface area contributed by atoms with Crippen molar-refractivity contribution in [2.45, 2.75) is 24.5 Å². The van der Waals surface area contributed by atoms with Crippen LogP contribution in [-0.4, -0.2) is 24.3 Å². The molecule has 27 heavy (non-hydrogen) atoms. The van der Waals surface area contributed by atoms with Gasteiger partial charge in [0.2, 0.25) is 10.0 Å². The number of carbonyl (C=O) groups is 2. The molecule has 2 aromatic rings.